The van der Waals surface area contributed by atoms with E-state index in [4.69, 9.17) is 5.11 Å². The molecule has 1 aliphatic rings. The molecule has 8 heteroatoms. The topological polar surface area (TPSA) is 93.3 Å². The van der Waals surface area contributed by atoms with E-state index in [1.54, 1.807) is 0 Å². The number of hydrogen-bond acceptors (Lipinski definition) is 4. The molecule has 0 radical (unpaired) electrons. The molecule has 27 heavy (non-hydrogen) atoms. The maximum absolute atomic E-state index is 11.0. The second-order valence-corrected chi connectivity index (χ2v) is 8.03. The minimum absolute atomic E-state index is 0.0636. The van der Waals surface area contributed by atoms with Crippen molar-refractivity contribution in [3.05, 3.63) is 16.9 Å². The number of amides is 1. The average Bonchev–Trinajstić information content (AvgIpc) is 3.05. The van der Waals surface area contributed by atoms with Gasteiger partial charge in [-0.05, 0) is 34.7 Å². The Hall–Kier alpha value is -1.96. The summed E-state index contributed by atoms with van der Waals surface area (Å²) in [6.45, 7) is 6.92. The molecule has 0 aliphatic carbocycles. The number of aromatic amines is 1. The van der Waals surface area contributed by atoms with Crippen molar-refractivity contribution < 1.29 is 9.90 Å². The summed E-state index contributed by atoms with van der Waals surface area (Å²) in [7, 11) is 0. The highest BCUT2D eigenvalue weighted by atomic mass is 79.9. The van der Waals surface area contributed by atoms with E-state index >= 15 is 0 Å². The number of carboxylic acid groups (broad SMARTS) is 1. The number of hydrogen-bond donors (Lipinski definition) is 4. The number of fused-ring (bicyclic) bond motifs is 1. The molecule has 0 spiro atoms. The highest BCUT2D eigenvalue weighted by molar-refractivity contribution is 9.10. The van der Waals surface area contributed by atoms with Crippen LogP contribution in [0.3, 0.4) is 0 Å². The van der Waals surface area contributed by atoms with Crippen LogP contribution in [-0.2, 0) is 0 Å². The van der Waals surface area contributed by atoms with E-state index < -0.39 is 6.09 Å². The zero-order valence-corrected chi connectivity index (χ0v) is 17.5. The predicted octanol–water partition coefficient (Wildman–Crippen LogP) is 4.41. The molecule has 1 aliphatic heterocycles. The highest BCUT2D eigenvalue weighted by Crippen LogP contribution is 2.39. The molecule has 0 bridgehead atoms. The standard InChI is InChI=1S/C19H28BrN5O2/c1-3-12(4-2)8-21-15-10-23-18-16(15)17(14(20)9-22-18)25-7-5-6-13(11-25)24-19(26)27/h9-10,12-13,21,24H,3-8,11H2,1-2H3,(H,22,23)(H,26,27). The second kappa shape index (κ2) is 8.82. The summed E-state index contributed by atoms with van der Waals surface area (Å²) in [6.07, 6.45) is 6.93. The fraction of sp³-hybridized carbons (Fsp3) is 0.579. The number of H-pyrrole nitrogens is 1. The number of halogens is 1. The summed E-state index contributed by atoms with van der Waals surface area (Å²) < 4.78 is 0.927. The van der Waals surface area contributed by atoms with E-state index in [9.17, 15) is 4.79 Å². The number of carbonyl (C=O) groups is 1. The van der Waals surface area contributed by atoms with Gasteiger partial charge in [0.15, 0.2) is 0 Å². The van der Waals surface area contributed by atoms with Crippen LogP contribution in [0.4, 0.5) is 16.2 Å². The first-order valence-electron chi connectivity index (χ1n) is 9.67. The molecule has 3 heterocycles. The molecule has 2 aromatic heterocycles. The van der Waals surface area contributed by atoms with Crippen molar-refractivity contribution in [1.29, 1.82) is 0 Å². The van der Waals surface area contributed by atoms with Crippen molar-refractivity contribution >= 4 is 44.4 Å². The lowest BCUT2D eigenvalue weighted by Gasteiger charge is -2.35. The summed E-state index contributed by atoms with van der Waals surface area (Å²) >= 11 is 3.67. The van der Waals surface area contributed by atoms with Gasteiger partial charge in [0.25, 0.3) is 0 Å². The molecule has 1 amide bonds. The fourth-order valence-electron chi connectivity index (χ4n) is 3.81. The van der Waals surface area contributed by atoms with Gasteiger partial charge in [0, 0.05) is 38.1 Å². The number of pyridine rings is 1. The molecule has 4 N–H and O–H groups in total. The lowest BCUT2D eigenvalue weighted by molar-refractivity contribution is 0.188. The van der Waals surface area contributed by atoms with Gasteiger partial charge >= 0.3 is 6.09 Å². The number of rotatable bonds is 7. The lowest BCUT2D eigenvalue weighted by atomic mass is 10.0. The summed E-state index contributed by atoms with van der Waals surface area (Å²) in [6, 6.07) is -0.0636. The first-order valence-corrected chi connectivity index (χ1v) is 10.5. The van der Waals surface area contributed by atoms with E-state index in [0.717, 1.165) is 65.7 Å². The molecule has 3 rings (SSSR count). The molecule has 0 saturated carbocycles. The summed E-state index contributed by atoms with van der Waals surface area (Å²) in [5.74, 6) is 0.637. The molecular formula is C19H28BrN5O2. The normalized spacial score (nSPS) is 17.5. The van der Waals surface area contributed by atoms with Gasteiger partial charge in [-0.15, -0.1) is 0 Å². The van der Waals surface area contributed by atoms with Crippen molar-refractivity contribution in [2.45, 2.75) is 45.6 Å². The van der Waals surface area contributed by atoms with Crippen molar-refractivity contribution in [3.63, 3.8) is 0 Å². The third-order valence-electron chi connectivity index (χ3n) is 5.43. The summed E-state index contributed by atoms with van der Waals surface area (Å²) in [5, 5.41) is 16.4. The van der Waals surface area contributed by atoms with Gasteiger partial charge in [-0.25, -0.2) is 9.78 Å². The van der Waals surface area contributed by atoms with Crippen LogP contribution >= 0.6 is 15.9 Å². The van der Waals surface area contributed by atoms with Crippen LogP contribution in [0, 0.1) is 5.92 Å². The number of nitrogens with one attached hydrogen (secondary N) is 3. The minimum atomic E-state index is -0.963. The molecule has 1 saturated heterocycles. The van der Waals surface area contributed by atoms with Gasteiger partial charge in [-0.1, -0.05) is 26.7 Å². The Kier molecular flexibility index (Phi) is 6.46. The quantitative estimate of drug-likeness (QED) is 0.514. The maximum Gasteiger partial charge on any atom is 0.404 e. The molecular weight excluding hydrogens is 410 g/mol. The number of piperidine rings is 1. The van der Waals surface area contributed by atoms with Crippen molar-refractivity contribution in [2.75, 3.05) is 29.9 Å². The monoisotopic (exact) mass is 437 g/mol. The van der Waals surface area contributed by atoms with Crippen molar-refractivity contribution in [3.8, 4) is 0 Å². The Morgan fingerprint density at radius 2 is 2.26 bits per heavy atom. The van der Waals surface area contributed by atoms with Gasteiger partial charge in [-0.2, -0.15) is 0 Å². The van der Waals surface area contributed by atoms with Crippen LogP contribution in [0.5, 0.6) is 0 Å². The van der Waals surface area contributed by atoms with E-state index in [1.165, 1.54) is 0 Å². The third kappa shape index (κ3) is 4.48. The molecule has 1 unspecified atom stereocenters. The Bertz CT molecular complexity index is 790. The van der Waals surface area contributed by atoms with Gasteiger partial charge < -0.3 is 25.6 Å². The summed E-state index contributed by atoms with van der Waals surface area (Å²) in [5.41, 5.74) is 2.97. The van der Waals surface area contributed by atoms with E-state index in [0.29, 0.717) is 12.5 Å². The van der Waals surface area contributed by atoms with Gasteiger partial charge in [-0.3, -0.25) is 0 Å². The largest absolute Gasteiger partial charge is 0.465 e. The molecule has 148 valence electrons. The number of aromatic nitrogens is 2. The molecule has 7 nitrogen and oxygen atoms in total. The predicted molar refractivity (Wildman–Crippen MR) is 113 cm³/mol. The Labute approximate surface area is 168 Å². The van der Waals surface area contributed by atoms with Crippen molar-refractivity contribution in [1.82, 2.24) is 15.3 Å². The van der Waals surface area contributed by atoms with E-state index in [1.807, 2.05) is 12.4 Å². The van der Waals surface area contributed by atoms with E-state index in [2.05, 4.69) is 55.3 Å². The van der Waals surface area contributed by atoms with Gasteiger partial charge in [0.1, 0.15) is 5.65 Å². The zero-order valence-electron chi connectivity index (χ0n) is 15.9. The first-order chi connectivity index (χ1) is 13.0. The van der Waals surface area contributed by atoms with Crippen LogP contribution in [0.15, 0.2) is 16.9 Å². The van der Waals surface area contributed by atoms with Crippen LogP contribution < -0.4 is 15.5 Å². The fourth-order valence-corrected chi connectivity index (χ4v) is 4.36. The molecule has 1 atom stereocenters. The average molecular weight is 438 g/mol. The van der Waals surface area contributed by atoms with Crippen LogP contribution in [0.1, 0.15) is 39.5 Å². The first kappa shape index (κ1) is 19.8. The molecule has 2 aromatic rings. The molecule has 0 aromatic carbocycles. The van der Waals surface area contributed by atoms with Crippen LogP contribution in [-0.4, -0.2) is 46.8 Å². The van der Waals surface area contributed by atoms with Gasteiger partial charge in [0.2, 0.25) is 0 Å². The third-order valence-corrected chi connectivity index (χ3v) is 6.01. The minimum Gasteiger partial charge on any atom is -0.465 e. The zero-order chi connectivity index (χ0) is 19.4. The van der Waals surface area contributed by atoms with Crippen LogP contribution in [0.25, 0.3) is 11.0 Å². The Morgan fingerprint density at radius 1 is 1.48 bits per heavy atom. The lowest BCUT2D eigenvalue weighted by Crippen LogP contribution is -2.47. The van der Waals surface area contributed by atoms with Gasteiger partial charge in [0.05, 0.1) is 21.2 Å². The molecule has 1 fully saturated rings. The van der Waals surface area contributed by atoms with Crippen molar-refractivity contribution in [2.24, 2.45) is 5.92 Å². The number of nitrogens with zero attached hydrogens (tertiary/aromatic N) is 2. The Balaban J connectivity index is 1.90. The maximum atomic E-state index is 11.0. The van der Waals surface area contributed by atoms with E-state index in [-0.39, 0.29) is 6.04 Å². The number of anilines is 2. The smallest absolute Gasteiger partial charge is 0.404 e. The highest BCUT2D eigenvalue weighted by Gasteiger charge is 2.26. The second-order valence-electron chi connectivity index (χ2n) is 7.18. The Morgan fingerprint density at radius 3 is 2.96 bits per heavy atom. The SMILES string of the molecule is CCC(CC)CNc1c[nH]c2ncc(Br)c(N3CCCC(NC(=O)O)C3)c12. The summed E-state index contributed by atoms with van der Waals surface area (Å²) in [4.78, 5) is 21.1. The van der Waals surface area contributed by atoms with Crippen LogP contribution in [0.2, 0.25) is 0 Å².